The van der Waals surface area contributed by atoms with Gasteiger partial charge in [-0.25, -0.2) is 4.99 Å². The van der Waals surface area contributed by atoms with Crippen LogP contribution in [0, 0.1) is 11.3 Å². The van der Waals surface area contributed by atoms with E-state index in [1.165, 1.54) is 0 Å². The first-order valence-corrected chi connectivity index (χ1v) is 6.20. The predicted molar refractivity (Wildman–Crippen MR) is 70.0 cm³/mol. The zero-order valence-corrected chi connectivity index (χ0v) is 11.1. The van der Waals surface area contributed by atoms with Gasteiger partial charge in [-0.3, -0.25) is 0 Å². The summed E-state index contributed by atoms with van der Waals surface area (Å²) in [6.45, 7) is 3.97. The first-order chi connectivity index (χ1) is 9.05. The fraction of sp³-hybridized carbons (Fsp3) is 0.429. The number of amidine groups is 1. The van der Waals surface area contributed by atoms with Crippen LogP contribution in [0.15, 0.2) is 23.2 Å². The molecule has 0 radical (unpaired) electrons. The number of benzene rings is 1. The number of rotatable bonds is 0. The molecule has 2 aliphatic rings. The SMILES string of the molecule is CNC1=N[C@@H]2c3cc(C#N)ccc3OC(C)(C)[C@@H]2O1. The number of nitriles is 1. The molecule has 1 aromatic rings. The van der Waals surface area contributed by atoms with Crippen molar-refractivity contribution in [1.82, 2.24) is 5.32 Å². The Hall–Kier alpha value is -2.22. The summed E-state index contributed by atoms with van der Waals surface area (Å²) in [4.78, 5) is 4.53. The molecule has 2 heterocycles. The van der Waals surface area contributed by atoms with Crippen molar-refractivity contribution in [2.45, 2.75) is 31.6 Å². The van der Waals surface area contributed by atoms with Crippen LogP contribution >= 0.6 is 0 Å². The maximum Gasteiger partial charge on any atom is 0.285 e. The number of ether oxygens (including phenoxy) is 2. The van der Waals surface area contributed by atoms with Crippen molar-refractivity contribution >= 4 is 6.02 Å². The Bertz CT molecular complexity index is 601. The summed E-state index contributed by atoms with van der Waals surface area (Å²) in [7, 11) is 1.77. The molecule has 0 aromatic heterocycles. The number of hydrogen-bond acceptors (Lipinski definition) is 5. The van der Waals surface area contributed by atoms with Crippen LogP contribution in [0.5, 0.6) is 5.75 Å². The van der Waals surface area contributed by atoms with Crippen molar-refractivity contribution in [3.63, 3.8) is 0 Å². The van der Waals surface area contributed by atoms with E-state index in [1.807, 2.05) is 26.0 Å². The van der Waals surface area contributed by atoms with E-state index < -0.39 is 5.60 Å². The second-order valence-electron chi connectivity index (χ2n) is 5.24. The molecule has 1 aromatic carbocycles. The number of nitrogens with one attached hydrogen (secondary N) is 1. The van der Waals surface area contributed by atoms with Gasteiger partial charge in [0, 0.05) is 12.6 Å². The molecule has 5 heteroatoms. The first kappa shape index (κ1) is 11.8. The Morgan fingerprint density at radius 1 is 1.42 bits per heavy atom. The monoisotopic (exact) mass is 257 g/mol. The van der Waals surface area contributed by atoms with Crippen LogP contribution in [0.4, 0.5) is 0 Å². The third-order valence-corrected chi connectivity index (χ3v) is 3.51. The zero-order chi connectivity index (χ0) is 13.6. The highest BCUT2D eigenvalue weighted by molar-refractivity contribution is 5.76. The van der Waals surface area contributed by atoms with Gasteiger partial charge < -0.3 is 14.8 Å². The van der Waals surface area contributed by atoms with E-state index in [1.54, 1.807) is 13.1 Å². The van der Waals surface area contributed by atoms with E-state index in [4.69, 9.17) is 14.7 Å². The molecule has 0 saturated carbocycles. The summed E-state index contributed by atoms with van der Waals surface area (Å²) in [6, 6.07) is 7.94. The maximum atomic E-state index is 9.01. The average molecular weight is 257 g/mol. The topological polar surface area (TPSA) is 66.6 Å². The van der Waals surface area contributed by atoms with Crippen LogP contribution < -0.4 is 10.1 Å². The van der Waals surface area contributed by atoms with Crippen molar-refractivity contribution in [2.24, 2.45) is 4.99 Å². The van der Waals surface area contributed by atoms with E-state index in [-0.39, 0.29) is 12.1 Å². The van der Waals surface area contributed by atoms with Gasteiger partial charge in [-0.05, 0) is 32.0 Å². The lowest BCUT2D eigenvalue weighted by molar-refractivity contribution is -0.0368. The van der Waals surface area contributed by atoms with E-state index in [0.29, 0.717) is 11.6 Å². The molecule has 5 nitrogen and oxygen atoms in total. The Balaban J connectivity index is 2.12. The second kappa shape index (κ2) is 3.89. The second-order valence-corrected chi connectivity index (χ2v) is 5.24. The highest BCUT2D eigenvalue weighted by Crippen LogP contribution is 2.45. The van der Waals surface area contributed by atoms with Crippen molar-refractivity contribution in [2.75, 3.05) is 7.05 Å². The maximum absolute atomic E-state index is 9.01. The van der Waals surface area contributed by atoms with Crippen LogP contribution in [0.3, 0.4) is 0 Å². The molecule has 98 valence electrons. The molecule has 0 fully saturated rings. The standard InChI is InChI=1S/C14H15N3O2/c1-14(2)12-11(17-13(16-3)18-12)9-6-8(7-15)4-5-10(9)19-14/h4-6,11-12H,1-3H3,(H,16,17)/t11-,12-/m1/s1. The number of hydrogen-bond donors (Lipinski definition) is 1. The molecule has 2 aliphatic heterocycles. The average Bonchev–Trinajstić information content (AvgIpc) is 2.83. The molecule has 19 heavy (non-hydrogen) atoms. The summed E-state index contributed by atoms with van der Waals surface area (Å²) in [6.07, 6.45) is -0.184. The van der Waals surface area contributed by atoms with Gasteiger partial charge in [-0.2, -0.15) is 5.26 Å². The van der Waals surface area contributed by atoms with E-state index in [0.717, 1.165) is 11.3 Å². The van der Waals surface area contributed by atoms with Gasteiger partial charge in [0.2, 0.25) is 0 Å². The summed E-state index contributed by atoms with van der Waals surface area (Å²) >= 11 is 0. The summed E-state index contributed by atoms with van der Waals surface area (Å²) in [5.74, 6) is 0.773. The van der Waals surface area contributed by atoms with Gasteiger partial charge in [-0.1, -0.05) is 0 Å². The molecule has 1 N–H and O–H groups in total. The van der Waals surface area contributed by atoms with E-state index >= 15 is 0 Å². The summed E-state index contributed by atoms with van der Waals surface area (Å²) in [5.41, 5.74) is 1.05. The van der Waals surface area contributed by atoms with Crippen LogP contribution in [-0.4, -0.2) is 24.8 Å². The molecular formula is C14H15N3O2. The largest absolute Gasteiger partial charge is 0.484 e. The van der Waals surface area contributed by atoms with Gasteiger partial charge >= 0.3 is 0 Å². The fourth-order valence-electron chi connectivity index (χ4n) is 2.57. The minimum absolute atomic E-state index is 0.130. The molecule has 2 atom stereocenters. The molecule has 0 unspecified atom stereocenters. The van der Waals surface area contributed by atoms with Crippen LogP contribution in [0.25, 0.3) is 0 Å². The van der Waals surface area contributed by atoms with Crippen molar-refractivity contribution in [3.8, 4) is 11.8 Å². The number of aliphatic imine (C=N–C) groups is 1. The molecule has 0 aliphatic carbocycles. The van der Waals surface area contributed by atoms with Gasteiger partial charge in [0.05, 0.1) is 11.6 Å². The summed E-state index contributed by atoms with van der Waals surface area (Å²) < 4.78 is 11.8. The van der Waals surface area contributed by atoms with Gasteiger partial charge in [-0.15, -0.1) is 0 Å². The first-order valence-electron chi connectivity index (χ1n) is 6.20. The predicted octanol–water partition coefficient (Wildman–Crippen LogP) is 1.74. The zero-order valence-electron chi connectivity index (χ0n) is 11.1. The minimum atomic E-state index is -0.464. The van der Waals surface area contributed by atoms with Crippen LogP contribution in [0.1, 0.15) is 31.0 Å². The lowest BCUT2D eigenvalue weighted by Gasteiger charge is -2.39. The highest BCUT2D eigenvalue weighted by Gasteiger charge is 2.49. The lowest BCUT2D eigenvalue weighted by atomic mass is 9.86. The van der Waals surface area contributed by atoms with Gasteiger partial charge in [0.15, 0.2) is 6.10 Å². The minimum Gasteiger partial charge on any atom is -0.484 e. The Kier molecular flexibility index (Phi) is 2.42. The Morgan fingerprint density at radius 3 is 2.89 bits per heavy atom. The van der Waals surface area contributed by atoms with Gasteiger partial charge in [0.1, 0.15) is 17.4 Å². The lowest BCUT2D eigenvalue weighted by Crippen LogP contribution is -2.48. The van der Waals surface area contributed by atoms with E-state index in [2.05, 4.69) is 16.4 Å². The molecule has 0 spiro atoms. The van der Waals surface area contributed by atoms with Crippen molar-refractivity contribution in [1.29, 1.82) is 5.26 Å². The fourth-order valence-corrected chi connectivity index (χ4v) is 2.57. The number of nitrogens with zero attached hydrogens (tertiary/aromatic N) is 2. The third-order valence-electron chi connectivity index (χ3n) is 3.51. The molecule has 0 amide bonds. The Morgan fingerprint density at radius 2 is 2.21 bits per heavy atom. The molecule has 0 bridgehead atoms. The highest BCUT2D eigenvalue weighted by atomic mass is 16.6. The summed E-state index contributed by atoms with van der Waals surface area (Å²) in [5, 5.41) is 11.9. The van der Waals surface area contributed by atoms with Gasteiger partial charge in [0.25, 0.3) is 6.02 Å². The van der Waals surface area contributed by atoms with Crippen LogP contribution in [-0.2, 0) is 4.74 Å². The van der Waals surface area contributed by atoms with E-state index in [9.17, 15) is 0 Å². The third kappa shape index (κ3) is 1.72. The van der Waals surface area contributed by atoms with Crippen LogP contribution in [0.2, 0.25) is 0 Å². The Labute approximate surface area is 111 Å². The quantitative estimate of drug-likeness (QED) is 0.768. The smallest absolute Gasteiger partial charge is 0.285 e. The normalized spacial score (nSPS) is 26.1. The van der Waals surface area contributed by atoms with Crippen molar-refractivity contribution in [3.05, 3.63) is 29.3 Å². The molecular weight excluding hydrogens is 242 g/mol. The van der Waals surface area contributed by atoms with Crippen molar-refractivity contribution < 1.29 is 9.47 Å². The molecule has 0 saturated heterocycles. The number of fused-ring (bicyclic) bond motifs is 3. The molecule has 3 rings (SSSR count).